The SMILES string of the molecule is CC(C)(C)OC(=O)CC(Cl)C(N)Sc1ccc([N+](=O)[O-])cc1. The second-order valence-electron chi connectivity index (χ2n) is 5.64. The Morgan fingerprint density at radius 3 is 2.41 bits per heavy atom. The summed E-state index contributed by atoms with van der Waals surface area (Å²) in [6.45, 7) is 5.33. The molecule has 0 aliphatic heterocycles. The molecule has 0 bridgehead atoms. The molecular formula is C14H19ClN2O4S. The number of carbonyl (C=O) groups is 1. The highest BCUT2D eigenvalue weighted by Gasteiger charge is 2.24. The minimum absolute atomic E-state index is 0.0000262. The van der Waals surface area contributed by atoms with Crippen molar-refractivity contribution in [2.75, 3.05) is 0 Å². The fourth-order valence-corrected chi connectivity index (χ4v) is 2.67. The lowest BCUT2D eigenvalue weighted by atomic mass is 10.2. The first-order valence-corrected chi connectivity index (χ1v) is 7.93. The molecule has 6 nitrogen and oxygen atoms in total. The molecule has 1 aromatic carbocycles. The Kier molecular flexibility index (Phi) is 6.65. The second kappa shape index (κ2) is 7.80. The van der Waals surface area contributed by atoms with E-state index in [1.165, 1.54) is 23.9 Å². The molecule has 0 aliphatic carbocycles. The zero-order chi connectivity index (χ0) is 16.9. The fraction of sp³-hybridized carbons (Fsp3) is 0.500. The Bertz CT molecular complexity index is 531. The van der Waals surface area contributed by atoms with Crippen molar-refractivity contribution in [3.8, 4) is 0 Å². The van der Waals surface area contributed by atoms with Crippen LogP contribution in [0.15, 0.2) is 29.2 Å². The van der Waals surface area contributed by atoms with Gasteiger partial charge < -0.3 is 10.5 Å². The van der Waals surface area contributed by atoms with E-state index >= 15 is 0 Å². The van der Waals surface area contributed by atoms with Crippen molar-refractivity contribution in [1.82, 2.24) is 0 Å². The lowest BCUT2D eigenvalue weighted by molar-refractivity contribution is -0.384. The summed E-state index contributed by atoms with van der Waals surface area (Å²) in [5.41, 5.74) is 5.39. The van der Waals surface area contributed by atoms with Gasteiger partial charge in [-0.1, -0.05) is 0 Å². The molecule has 1 aromatic rings. The first kappa shape index (κ1) is 18.7. The Morgan fingerprint density at radius 2 is 1.95 bits per heavy atom. The Hall–Kier alpha value is -1.31. The quantitative estimate of drug-likeness (QED) is 0.212. The monoisotopic (exact) mass is 346 g/mol. The molecule has 2 N–H and O–H groups in total. The molecule has 22 heavy (non-hydrogen) atoms. The van der Waals surface area contributed by atoms with Gasteiger partial charge in [0.25, 0.3) is 5.69 Å². The van der Waals surface area contributed by atoms with E-state index in [1.54, 1.807) is 32.9 Å². The molecule has 0 aromatic heterocycles. The van der Waals surface area contributed by atoms with Gasteiger partial charge in [-0.3, -0.25) is 14.9 Å². The van der Waals surface area contributed by atoms with Gasteiger partial charge in [0.05, 0.1) is 22.1 Å². The van der Waals surface area contributed by atoms with Crippen LogP contribution in [0.25, 0.3) is 0 Å². The Balaban J connectivity index is 2.55. The van der Waals surface area contributed by atoms with Crippen molar-refractivity contribution >= 4 is 35.0 Å². The highest BCUT2D eigenvalue weighted by atomic mass is 35.5. The van der Waals surface area contributed by atoms with E-state index in [2.05, 4.69) is 0 Å². The average Bonchev–Trinajstić information content (AvgIpc) is 2.36. The lowest BCUT2D eigenvalue weighted by Crippen LogP contribution is -2.32. The summed E-state index contributed by atoms with van der Waals surface area (Å²) >= 11 is 7.38. The third kappa shape index (κ3) is 6.64. The molecular weight excluding hydrogens is 328 g/mol. The largest absolute Gasteiger partial charge is 0.460 e. The van der Waals surface area contributed by atoms with E-state index in [0.29, 0.717) is 0 Å². The lowest BCUT2D eigenvalue weighted by Gasteiger charge is -2.22. The van der Waals surface area contributed by atoms with Crippen LogP contribution in [0.2, 0.25) is 0 Å². The Labute approximate surface area is 138 Å². The van der Waals surface area contributed by atoms with Crippen LogP contribution in [-0.4, -0.2) is 27.2 Å². The van der Waals surface area contributed by atoms with Crippen LogP contribution >= 0.6 is 23.4 Å². The van der Waals surface area contributed by atoms with Gasteiger partial charge in [0.1, 0.15) is 5.60 Å². The summed E-state index contributed by atoms with van der Waals surface area (Å²) < 4.78 is 5.19. The number of hydrogen-bond donors (Lipinski definition) is 1. The third-order valence-electron chi connectivity index (χ3n) is 2.46. The van der Waals surface area contributed by atoms with Crippen LogP contribution in [0.3, 0.4) is 0 Å². The second-order valence-corrected chi connectivity index (χ2v) is 7.45. The number of non-ortho nitro benzene ring substituents is 1. The number of rotatable bonds is 6. The van der Waals surface area contributed by atoms with Crippen LogP contribution in [0, 0.1) is 10.1 Å². The van der Waals surface area contributed by atoms with E-state index in [1.807, 2.05) is 0 Å². The van der Waals surface area contributed by atoms with Crippen LogP contribution in [0.4, 0.5) is 5.69 Å². The van der Waals surface area contributed by atoms with Gasteiger partial charge in [0, 0.05) is 17.0 Å². The number of hydrogen-bond acceptors (Lipinski definition) is 6. The minimum Gasteiger partial charge on any atom is -0.460 e. The summed E-state index contributed by atoms with van der Waals surface area (Å²) in [6, 6.07) is 5.98. The molecule has 122 valence electrons. The van der Waals surface area contributed by atoms with E-state index < -0.39 is 27.2 Å². The zero-order valence-electron chi connectivity index (χ0n) is 12.6. The van der Waals surface area contributed by atoms with Crippen molar-refractivity contribution in [3.05, 3.63) is 34.4 Å². The first-order valence-electron chi connectivity index (χ1n) is 6.61. The number of alkyl halides is 1. The van der Waals surface area contributed by atoms with E-state index in [-0.39, 0.29) is 12.1 Å². The molecule has 0 radical (unpaired) electrons. The summed E-state index contributed by atoms with van der Waals surface area (Å²) in [4.78, 5) is 22.6. The normalized spacial score (nSPS) is 14.2. The summed E-state index contributed by atoms with van der Waals surface area (Å²) in [5, 5.41) is 9.45. The molecule has 8 heteroatoms. The summed E-state index contributed by atoms with van der Waals surface area (Å²) in [6.07, 6.45) is -0.0000262. The van der Waals surface area contributed by atoms with Crippen LogP contribution in [0.5, 0.6) is 0 Å². The van der Waals surface area contributed by atoms with E-state index in [4.69, 9.17) is 22.1 Å². The smallest absolute Gasteiger partial charge is 0.307 e. The predicted octanol–water partition coefficient (Wildman–Crippen LogP) is 3.31. The number of ether oxygens (including phenoxy) is 1. The number of nitro benzene ring substituents is 1. The van der Waals surface area contributed by atoms with Crippen molar-refractivity contribution in [1.29, 1.82) is 0 Å². The van der Waals surface area contributed by atoms with Gasteiger partial charge in [-0.05, 0) is 32.9 Å². The maximum absolute atomic E-state index is 11.7. The number of nitrogens with two attached hydrogens (primary N) is 1. The molecule has 2 atom stereocenters. The highest BCUT2D eigenvalue weighted by Crippen LogP contribution is 2.28. The fourth-order valence-electron chi connectivity index (χ4n) is 1.54. The number of carbonyl (C=O) groups excluding carboxylic acids is 1. The molecule has 0 spiro atoms. The predicted molar refractivity (Wildman–Crippen MR) is 87.0 cm³/mol. The van der Waals surface area contributed by atoms with Crippen molar-refractivity contribution < 1.29 is 14.5 Å². The molecule has 0 fully saturated rings. The first-order chi connectivity index (χ1) is 10.1. The Morgan fingerprint density at radius 1 is 1.41 bits per heavy atom. The molecule has 0 aliphatic rings. The van der Waals surface area contributed by atoms with Gasteiger partial charge in [-0.15, -0.1) is 23.4 Å². The van der Waals surface area contributed by atoms with E-state index in [0.717, 1.165) is 4.90 Å². The molecule has 0 heterocycles. The number of thioether (sulfide) groups is 1. The van der Waals surface area contributed by atoms with Gasteiger partial charge in [-0.25, -0.2) is 0 Å². The number of nitro groups is 1. The number of esters is 1. The van der Waals surface area contributed by atoms with Crippen LogP contribution in [0.1, 0.15) is 27.2 Å². The van der Waals surface area contributed by atoms with Gasteiger partial charge >= 0.3 is 5.97 Å². The van der Waals surface area contributed by atoms with E-state index in [9.17, 15) is 14.9 Å². The standard InChI is InChI=1S/C14H19ClN2O4S/c1-14(2,3)21-12(18)8-11(15)13(16)22-10-6-4-9(5-7-10)17(19)20/h4-7,11,13H,8,16H2,1-3H3. The van der Waals surface area contributed by atoms with Crippen molar-refractivity contribution in [2.45, 2.75) is 48.4 Å². The van der Waals surface area contributed by atoms with Gasteiger partial charge in [0.15, 0.2) is 0 Å². The van der Waals surface area contributed by atoms with Crippen molar-refractivity contribution in [2.24, 2.45) is 5.73 Å². The average molecular weight is 347 g/mol. The molecule has 0 saturated heterocycles. The maximum atomic E-state index is 11.7. The molecule has 1 rings (SSSR count). The van der Waals surface area contributed by atoms with Crippen molar-refractivity contribution in [3.63, 3.8) is 0 Å². The zero-order valence-corrected chi connectivity index (χ0v) is 14.2. The molecule has 0 amide bonds. The highest BCUT2D eigenvalue weighted by molar-refractivity contribution is 8.00. The third-order valence-corrected chi connectivity index (χ3v) is 4.18. The van der Waals surface area contributed by atoms with Gasteiger partial charge in [0.2, 0.25) is 0 Å². The molecule has 2 unspecified atom stereocenters. The summed E-state index contributed by atoms with van der Waals surface area (Å²) in [5.74, 6) is -0.410. The topological polar surface area (TPSA) is 95.5 Å². The van der Waals surface area contributed by atoms with Gasteiger partial charge in [-0.2, -0.15) is 0 Å². The molecule has 0 saturated carbocycles. The number of halogens is 1. The maximum Gasteiger partial charge on any atom is 0.307 e. The number of benzene rings is 1. The minimum atomic E-state index is -0.602. The number of nitrogens with zero attached hydrogens (tertiary/aromatic N) is 1. The van der Waals surface area contributed by atoms with Crippen LogP contribution in [-0.2, 0) is 9.53 Å². The van der Waals surface area contributed by atoms with Crippen LogP contribution < -0.4 is 5.73 Å². The summed E-state index contributed by atoms with van der Waals surface area (Å²) in [7, 11) is 0.